The van der Waals surface area contributed by atoms with Gasteiger partial charge in [0, 0.05) is 13.0 Å². The van der Waals surface area contributed by atoms with Gasteiger partial charge in [0.05, 0.1) is 0 Å². The fraction of sp³-hybridized carbons (Fsp3) is 0.947. The Morgan fingerprint density at radius 2 is 1.76 bits per heavy atom. The van der Waals surface area contributed by atoms with Crippen LogP contribution in [0.1, 0.15) is 92.4 Å². The van der Waals surface area contributed by atoms with Crippen LogP contribution in [0.25, 0.3) is 0 Å². The van der Waals surface area contributed by atoms with Crippen molar-refractivity contribution in [3.8, 4) is 0 Å². The molecule has 0 bridgehead atoms. The first-order valence-electron chi connectivity index (χ1n) is 9.08. The molecule has 1 fully saturated rings. The highest BCUT2D eigenvalue weighted by Crippen LogP contribution is 2.56. The van der Waals surface area contributed by atoms with Gasteiger partial charge in [0.1, 0.15) is 0 Å². The molecule has 1 aliphatic rings. The first-order valence-corrected chi connectivity index (χ1v) is 9.08. The minimum Gasteiger partial charge on any atom is -0.356 e. The zero-order chi connectivity index (χ0) is 15.9. The highest BCUT2D eigenvalue weighted by molar-refractivity contribution is 5.75. The molecule has 0 radical (unpaired) electrons. The summed E-state index contributed by atoms with van der Waals surface area (Å²) in [5.41, 5.74) is 0.988. The normalized spacial score (nSPS) is 23.2. The van der Waals surface area contributed by atoms with Crippen molar-refractivity contribution in [3.05, 3.63) is 0 Å². The summed E-state index contributed by atoms with van der Waals surface area (Å²) < 4.78 is 0. The maximum absolute atomic E-state index is 11.3. The largest absolute Gasteiger partial charge is 0.356 e. The van der Waals surface area contributed by atoms with Gasteiger partial charge >= 0.3 is 0 Å². The van der Waals surface area contributed by atoms with Gasteiger partial charge in [-0.3, -0.25) is 4.79 Å². The fourth-order valence-corrected chi connectivity index (χ4v) is 3.69. The lowest BCUT2D eigenvalue weighted by Crippen LogP contribution is -2.31. The zero-order valence-corrected chi connectivity index (χ0v) is 15.1. The van der Waals surface area contributed by atoms with Crippen molar-refractivity contribution in [2.24, 2.45) is 16.7 Å². The number of hydrogen-bond acceptors (Lipinski definition) is 1. The maximum Gasteiger partial charge on any atom is 0.219 e. The average molecular weight is 296 g/mol. The fourth-order valence-electron chi connectivity index (χ4n) is 3.69. The first kappa shape index (κ1) is 18.5. The van der Waals surface area contributed by atoms with E-state index in [1.807, 2.05) is 6.92 Å². The molecule has 2 nitrogen and oxygen atoms in total. The van der Waals surface area contributed by atoms with E-state index in [9.17, 15) is 4.79 Å². The monoisotopic (exact) mass is 295 g/mol. The molecule has 1 saturated carbocycles. The van der Waals surface area contributed by atoms with Crippen LogP contribution in [0.15, 0.2) is 0 Å². The van der Waals surface area contributed by atoms with Crippen LogP contribution in [0.2, 0.25) is 0 Å². The van der Waals surface area contributed by atoms with Gasteiger partial charge in [0.15, 0.2) is 0 Å². The smallest absolute Gasteiger partial charge is 0.219 e. The van der Waals surface area contributed by atoms with Gasteiger partial charge in [-0.25, -0.2) is 0 Å². The lowest BCUT2D eigenvalue weighted by Gasteiger charge is -2.39. The summed E-state index contributed by atoms with van der Waals surface area (Å²) >= 11 is 0. The van der Waals surface area contributed by atoms with E-state index < -0.39 is 0 Å². The van der Waals surface area contributed by atoms with Crippen LogP contribution in [0.4, 0.5) is 0 Å². The number of carbonyl (C=O) groups is 1. The molecule has 124 valence electrons. The topological polar surface area (TPSA) is 29.1 Å². The van der Waals surface area contributed by atoms with E-state index in [0.717, 1.165) is 25.3 Å². The van der Waals surface area contributed by atoms with E-state index >= 15 is 0 Å². The van der Waals surface area contributed by atoms with Gasteiger partial charge in [-0.1, -0.05) is 53.9 Å². The number of rotatable bonds is 9. The molecule has 0 aromatic rings. The Hall–Kier alpha value is -0.530. The Balaban J connectivity index is 2.06. The predicted molar refractivity (Wildman–Crippen MR) is 91.3 cm³/mol. The second-order valence-corrected chi connectivity index (χ2v) is 8.14. The SMILES string of the molecule is CCCC(=O)NCCCCCCC1CCC(C)(C)C1(C)C. The second kappa shape index (κ2) is 8.19. The molecule has 1 aliphatic carbocycles. The Labute approximate surface area is 132 Å². The van der Waals surface area contributed by atoms with Gasteiger partial charge in [-0.15, -0.1) is 0 Å². The molecule has 0 spiro atoms. The summed E-state index contributed by atoms with van der Waals surface area (Å²) in [6.45, 7) is 12.7. The van der Waals surface area contributed by atoms with Crippen LogP contribution in [0.5, 0.6) is 0 Å². The first-order chi connectivity index (χ1) is 9.81. The van der Waals surface area contributed by atoms with E-state index in [2.05, 4.69) is 33.0 Å². The Morgan fingerprint density at radius 3 is 2.33 bits per heavy atom. The Kier molecular flexibility index (Phi) is 7.23. The average Bonchev–Trinajstić information content (AvgIpc) is 2.59. The molecule has 2 heteroatoms. The van der Waals surface area contributed by atoms with Crippen molar-refractivity contribution >= 4 is 5.91 Å². The summed E-state index contributed by atoms with van der Waals surface area (Å²) in [4.78, 5) is 11.3. The van der Waals surface area contributed by atoms with E-state index in [-0.39, 0.29) is 5.91 Å². The lowest BCUT2D eigenvalue weighted by atomic mass is 9.66. The van der Waals surface area contributed by atoms with Crippen molar-refractivity contribution in [3.63, 3.8) is 0 Å². The van der Waals surface area contributed by atoms with Crippen molar-refractivity contribution in [2.45, 2.75) is 92.4 Å². The predicted octanol–water partition coefficient (Wildman–Crippen LogP) is 5.32. The van der Waals surface area contributed by atoms with Crippen molar-refractivity contribution in [1.82, 2.24) is 5.32 Å². The number of carbonyl (C=O) groups excluding carboxylic acids is 1. The summed E-state index contributed by atoms with van der Waals surface area (Å²) in [5, 5.41) is 3.00. The van der Waals surface area contributed by atoms with Gasteiger partial charge < -0.3 is 5.32 Å². The van der Waals surface area contributed by atoms with Crippen molar-refractivity contribution in [1.29, 1.82) is 0 Å². The molecular weight excluding hydrogens is 258 g/mol. The zero-order valence-electron chi connectivity index (χ0n) is 15.1. The van der Waals surface area contributed by atoms with Crippen LogP contribution in [-0.2, 0) is 4.79 Å². The van der Waals surface area contributed by atoms with Crippen molar-refractivity contribution < 1.29 is 4.79 Å². The van der Waals surface area contributed by atoms with E-state index in [4.69, 9.17) is 0 Å². The third-order valence-corrected chi connectivity index (χ3v) is 6.16. The summed E-state index contributed by atoms with van der Waals surface area (Å²) in [5.74, 6) is 1.11. The molecule has 1 unspecified atom stereocenters. The molecule has 0 aromatic heterocycles. The van der Waals surface area contributed by atoms with E-state index in [1.54, 1.807) is 0 Å². The van der Waals surface area contributed by atoms with Gasteiger partial charge in [0.25, 0.3) is 0 Å². The van der Waals surface area contributed by atoms with Gasteiger partial charge in [-0.2, -0.15) is 0 Å². The van der Waals surface area contributed by atoms with Crippen LogP contribution in [0.3, 0.4) is 0 Å². The molecule has 1 atom stereocenters. The quantitative estimate of drug-likeness (QED) is 0.573. The lowest BCUT2D eigenvalue weighted by molar-refractivity contribution is -0.121. The highest BCUT2D eigenvalue weighted by Gasteiger charge is 2.47. The minimum atomic E-state index is 0.215. The molecule has 0 saturated heterocycles. The van der Waals surface area contributed by atoms with E-state index in [0.29, 0.717) is 17.3 Å². The molecule has 1 rings (SSSR count). The second-order valence-electron chi connectivity index (χ2n) is 8.14. The van der Waals surface area contributed by atoms with Crippen LogP contribution in [0, 0.1) is 16.7 Å². The molecule has 0 aliphatic heterocycles. The molecule has 1 N–H and O–H groups in total. The number of nitrogens with one attached hydrogen (secondary N) is 1. The number of hydrogen-bond donors (Lipinski definition) is 1. The molecule has 0 aromatic carbocycles. The third kappa shape index (κ3) is 5.30. The van der Waals surface area contributed by atoms with Gasteiger partial charge in [0.2, 0.25) is 5.91 Å². The highest BCUT2D eigenvalue weighted by atomic mass is 16.1. The van der Waals surface area contributed by atoms with Crippen LogP contribution in [-0.4, -0.2) is 12.5 Å². The number of amides is 1. The van der Waals surface area contributed by atoms with Crippen molar-refractivity contribution in [2.75, 3.05) is 6.54 Å². The summed E-state index contributed by atoms with van der Waals surface area (Å²) in [7, 11) is 0. The molecule has 1 amide bonds. The number of unbranched alkanes of at least 4 members (excludes halogenated alkanes) is 3. The van der Waals surface area contributed by atoms with Crippen LogP contribution >= 0.6 is 0 Å². The van der Waals surface area contributed by atoms with Gasteiger partial charge in [-0.05, 0) is 48.9 Å². The minimum absolute atomic E-state index is 0.215. The standard InChI is InChI=1S/C19H37NO/c1-6-11-17(21)20-15-10-8-7-9-12-16-13-14-18(2,3)19(16,4)5/h16H,6-15H2,1-5H3,(H,20,21). The molecule has 21 heavy (non-hydrogen) atoms. The van der Waals surface area contributed by atoms with E-state index in [1.165, 1.54) is 38.5 Å². The third-order valence-electron chi connectivity index (χ3n) is 6.16. The Morgan fingerprint density at radius 1 is 1.10 bits per heavy atom. The summed E-state index contributed by atoms with van der Waals surface area (Å²) in [6, 6.07) is 0. The molecular formula is C19H37NO. The maximum atomic E-state index is 11.3. The molecule has 0 heterocycles. The Bertz CT molecular complexity index is 320. The summed E-state index contributed by atoms with van der Waals surface area (Å²) in [6.07, 6.45) is 10.9. The van der Waals surface area contributed by atoms with Crippen LogP contribution < -0.4 is 5.32 Å².